The number of nitrogens with zero attached hydrogens (tertiary/aromatic N) is 3. The van der Waals surface area contributed by atoms with E-state index < -0.39 is 24.9 Å². The molecule has 0 saturated carbocycles. The maximum Gasteiger partial charge on any atom is 0.416 e. The smallest absolute Gasteiger partial charge is 0.382 e. The molecule has 0 spiro atoms. The maximum atomic E-state index is 12.3. The number of carbonyl (C=O) groups is 1. The zero-order valence-electron chi connectivity index (χ0n) is 12.2. The molecule has 1 aromatic heterocycles. The lowest BCUT2D eigenvalue weighted by Crippen LogP contribution is -2.43. The number of alkyl halides is 3. The Balaban J connectivity index is 1.95. The predicted octanol–water partition coefficient (Wildman–Crippen LogP) is 2.26. The van der Waals surface area contributed by atoms with Crippen LogP contribution in [0.25, 0.3) is 5.69 Å². The lowest BCUT2D eigenvalue weighted by atomic mass is 10.3. The van der Waals surface area contributed by atoms with Gasteiger partial charge < -0.3 is 15.3 Å². The van der Waals surface area contributed by atoms with Crippen molar-refractivity contribution in [2.45, 2.75) is 12.3 Å². The number of halogens is 3. The molecule has 0 saturated heterocycles. The molecular weight excluding hydrogens is 313 g/mol. The first-order valence-electron chi connectivity index (χ1n) is 6.64. The fourth-order valence-electron chi connectivity index (χ4n) is 1.78. The molecule has 0 aliphatic carbocycles. The van der Waals surface area contributed by atoms with E-state index in [1.54, 1.807) is 47.4 Å². The van der Waals surface area contributed by atoms with Crippen molar-refractivity contribution in [1.29, 1.82) is 0 Å². The van der Waals surface area contributed by atoms with Crippen LogP contribution in [0.5, 0.6) is 0 Å². The van der Waals surface area contributed by atoms with Gasteiger partial charge in [-0.25, -0.2) is 9.48 Å². The van der Waals surface area contributed by atoms with Crippen LogP contribution in [0.2, 0.25) is 0 Å². The summed E-state index contributed by atoms with van der Waals surface area (Å²) >= 11 is 0. The number of amides is 2. The summed E-state index contributed by atoms with van der Waals surface area (Å²) < 4.78 is 38.4. The fourth-order valence-corrected chi connectivity index (χ4v) is 1.78. The minimum absolute atomic E-state index is 0.416. The summed E-state index contributed by atoms with van der Waals surface area (Å²) in [5, 5.41) is 15.5. The van der Waals surface area contributed by atoms with Gasteiger partial charge in [0.15, 0.2) is 6.10 Å². The van der Waals surface area contributed by atoms with Crippen LogP contribution in [0.1, 0.15) is 0 Å². The molecule has 2 rings (SSSR count). The molecule has 9 heteroatoms. The van der Waals surface area contributed by atoms with Gasteiger partial charge in [-0.2, -0.15) is 18.3 Å². The van der Waals surface area contributed by atoms with E-state index in [4.69, 9.17) is 5.11 Å². The van der Waals surface area contributed by atoms with Gasteiger partial charge in [0.05, 0.1) is 12.2 Å². The van der Waals surface area contributed by atoms with E-state index in [9.17, 15) is 18.0 Å². The Morgan fingerprint density at radius 3 is 2.57 bits per heavy atom. The van der Waals surface area contributed by atoms with Crippen molar-refractivity contribution in [3.63, 3.8) is 0 Å². The molecule has 1 unspecified atom stereocenters. The molecule has 1 atom stereocenters. The Hall–Kier alpha value is -2.55. The van der Waals surface area contributed by atoms with Crippen LogP contribution < -0.4 is 5.32 Å². The SMILES string of the molecule is CN(CC(O)C(F)(F)F)C(=O)Nc1ccc(-n2cccn2)cc1. The first-order valence-corrected chi connectivity index (χ1v) is 6.64. The average molecular weight is 328 g/mol. The molecule has 2 N–H and O–H groups in total. The summed E-state index contributed by atoms with van der Waals surface area (Å²) in [6.07, 6.45) is -3.98. The van der Waals surface area contributed by atoms with Gasteiger partial charge in [0.1, 0.15) is 0 Å². The third-order valence-corrected chi connectivity index (χ3v) is 3.06. The summed E-state index contributed by atoms with van der Waals surface area (Å²) in [5.74, 6) is 0. The third-order valence-electron chi connectivity index (χ3n) is 3.06. The van der Waals surface area contributed by atoms with Crippen molar-refractivity contribution in [1.82, 2.24) is 14.7 Å². The van der Waals surface area contributed by atoms with Gasteiger partial charge in [0.2, 0.25) is 0 Å². The Kier molecular flexibility index (Phi) is 4.89. The first-order chi connectivity index (χ1) is 10.8. The number of urea groups is 1. The molecule has 2 aromatic rings. The van der Waals surface area contributed by atoms with Crippen LogP contribution in [0.15, 0.2) is 42.7 Å². The quantitative estimate of drug-likeness (QED) is 0.904. The molecule has 0 bridgehead atoms. The van der Waals surface area contributed by atoms with E-state index in [1.807, 2.05) is 0 Å². The number of hydrogen-bond acceptors (Lipinski definition) is 3. The minimum atomic E-state index is -4.76. The molecule has 124 valence electrons. The van der Waals surface area contributed by atoms with Crippen LogP contribution in [0, 0.1) is 0 Å². The number of anilines is 1. The molecule has 1 aromatic carbocycles. The highest BCUT2D eigenvalue weighted by Gasteiger charge is 2.39. The van der Waals surface area contributed by atoms with Gasteiger partial charge in [-0.15, -0.1) is 0 Å². The van der Waals surface area contributed by atoms with E-state index in [-0.39, 0.29) is 0 Å². The van der Waals surface area contributed by atoms with Crippen LogP contribution in [0.4, 0.5) is 23.7 Å². The van der Waals surface area contributed by atoms with Gasteiger partial charge in [-0.3, -0.25) is 0 Å². The minimum Gasteiger partial charge on any atom is -0.382 e. The monoisotopic (exact) mass is 328 g/mol. The van der Waals surface area contributed by atoms with E-state index in [0.717, 1.165) is 10.6 Å². The Morgan fingerprint density at radius 2 is 2.04 bits per heavy atom. The fraction of sp³-hybridized carbons (Fsp3) is 0.286. The highest BCUT2D eigenvalue weighted by molar-refractivity contribution is 5.89. The second kappa shape index (κ2) is 6.69. The Morgan fingerprint density at radius 1 is 1.39 bits per heavy atom. The molecular formula is C14H15F3N4O2. The molecule has 23 heavy (non-hydrogen) atoms. The molecule has 0 fully saturated rings. The maximum absolute atomic E-state index is 12.3. The summed E-state index contributed by atoms with van der Waals surface area (Å²) in [4.78, 5) is 12.6. The second-order valence-electron chi connectivity index (χ2n) is 4.87. The summed E-state index contributed by atoms with van der Waals surface area (Å²) in [7, 11) is 1.17. The topological polar surface area (TPSA) is 70.4 Å². The van der Waals surface area contributed by atoms with Crippen molar-refractivity contribution in [3.8, 4) is 5.69 Å². The first kappa shape index (κ1) is 16.8. The number of likely N-dealkylation sites (N-methyl/N-ethyl adjacent to an activating group) is 1. The number of benzene rings is 1. The molecule has 6 nitrogen and oxygen atoms in total. The van der Waals surface area contributed by atoms with Crippen molar-refractivity contribution in [2.24, 2.45) is 0 Å². The second-order valence-corrected chi connectivity index (χ2v) is 4.87. The Bertz CT molecular complexity index is 641. The number of aromatic nitrogens is 2. The molecule has 1 heterocycles. The van der Waals surface area contributed by atoms with Crippen molar-refractivity contribution < 1.29 is 23.1 Å². The molecule has 0 aliphatic rings. The highest BCUT2D eigenvalue weighted by Crippen LogP contribution is 2.20. The van der Waals surface area contributed by atoms with Crippen LogP contribution in [-0.4, -0.2) is 51.7 Å². The van der Waals surface area contributed by atoms with Gasteiger partial charge >= 0.3 is 12.2 Å². The van der Waals surface area contributed by atoms with E-state index in [0.29, 0.717) is 5.69 Å². The van der Waals surface area contributed by atoms with E-state index in [1.165, 1.54) is 7.05 Å². The van der Waals surface area contributed by atoms with Gasteiger partial charge in [0.25, 0.3) is 0 Å². The molecule has 0 aliphatic heterocycles. The van der Waals surface area contributed by atoms with E-state index in [2.05, 4.69) is 10.4 Å². The number of aliphatic hydroxyl groups is 1. The van der Waals surface area contributed by atoms with Crippen LogP contribution in [-0.2, 0) is 0 Å². The van der Waals surface area contributed by atoms with Crippen molar-refractivity contribution in [2.75, 3.05) is 18.9 Å². The Labute approximate surface area is 130 Å². The standard InChI is InChI=1S/C14H15F3N4O2/c1-20(9-12(22)14(15,16)17)13(23)19-10-3-5-11(6-4-10)21-8-2-7-18-21/h2-8,12,22H,9H2,1H3,(H,19,23). The largest absolute Gasteiger partial charge is 0.416 e. The number of carbonyl (C=O) groups excluding carboxylic acids is 1. The molecule has 0 radical (unpaired) electrons. The normalized spacial score (nSPS) is 12.7. The zero-order valence-corrected chi connectivity index (χ0v) is 12.2. The molecule has 2 amide bonds. The van der Waals surface area contributed by atoms with Gasteiger partial charge in [0, 0.05) is 25.1 Å². The van der Waals surface area contributed by atoms with Crippen LogP contribution in [0.3, 0.4) is 0 Å². The number of nitrogens with one attached hydrogen (secondary N) is 1. The highest BCUT2D eigenvalue weighted by atomic mass is 19.4. The number of rotatable bonds is 4. The average Bonchev–Trinajstić information content (AvgIpc) is 3.01. The summed E-state index contributed by atoms with van der Waals surface area (Å²) in [5.41, 5.74) is 1.19. The number of hydrogen-bond donors (Lipinski definition) is 2. The number of aliphatic hydroxyl groups excluding tert-OH is 1. The summed E-state index contributed by atoms with van der Waals surface area (Å²) in [6.45, 7) is -0.847. The van der Waals surface area contributed by atoms with Crippen molar-refractivity contribution >= 4 is 11.7 Å². The third kappa shape index (κ3) is 4.46. The lowest BCUT2D eigenvalue weighted by molar-refractivity contribution is -0.205. The van der Waals surface area contributed by atoms with Gasteiger partial charge in [-0.05, 0) is 30.3 Å². The van der Waals surface area contributed by atoms with Crippen LogP contribution >= 0.6 is 0 Å². The predicted molar refractivity (Wildman–Crippen MR) is 77.3 cm³/mol. The zero-order chi connectivity index (χ0) is 17.0. The van der Waals surface area contributed by atoms with Gasteiger partial charge in [-0.1, -0.05) is 0 Å². The van der Waals surface area contributed by atoms with E-state index >= 15 is 0 Å². The lowest BCUT2D eigenvalue weighted by Gasteiger charge is -2.22. The van der Waals surface area contributed by atoms with Crippen molar-refractivity contribution in [3.05, 3.63) is 42.7 Å². The summed E-state index contributed by atoms with van der Waals surface area (Å²) in [6, 6.07) is 7.61.